The molecule has 4 rings (SSSR count). The zero-order valence-electron chi connectivity index (χ0n) is 18.2. The smallest absolute Gasteiger partial charge is 0.260 e. The second-order valence-electron chi connectivity index (χ2n) is 7.74. The summed E-state index contributed by atoms with van der Waals surface area (Å²) in [6.07, 6.45) is 0. The molecule has 0 atom stereocenters. The Hall–Kier alpha value is -3.68. The minimum absolute atomic E-state index is 0.0875. The van der Waals surface area contributed by atoms with E-state index in [2.05, 4.69) is 20.2 Å². The lowest BCUT2D eigenvalue weighted by Gasteiger charge is -2.35. The third-order valence-electron chi connectivity index (χ3n) is 5.29. The van der Waals surface area contributed by atoms with Gasteiger partial charge in [-0.15, -0.1) is 0 Å². The zero-order valence-corrected chi connectivity index (χ0v) is 18.2. The normalized spacial score (nSPS) is 13.7. The highest BCUT2D eigenvalue weighted by atomic mass is 19.1. The van der Waals surface area contributed by atoms with Crippen LogP contribution in [-0.2, 0) is 4.79 Å². The molecule has 32 heavy (non-hydrogen) atoms. The largest absolute Gasteiger partial charge is 0.481 e. The molecule has 1 fully saturated rings. The Morgan fingerprint density at radius 2 is 1.75 bits per heavy atom. The molecule has 166 valence electrons. The number of carbonyl (C=O) groups excluding carboxylic acids is 1. The number of amides is 1. The van der Waals surface area contributed by atoms with Crippen LogP contribution >= 0.6 is 0 Å². The number of benzene rings is 2. The first kappa shape index (κ1) is 21.5. The Morgan fingerprint density at radius 3 is 2.47 bits per heavy atom. The van der Waals surface area contributed by atoms with Crippen molar-refractivity contribution in [1.82, 2.24) is 14.9 Å². The van der Waals surface area contributed by atoms with Crippen molar-refractivity contribution in [3.63, 3.8) is 0 Å². The number of piperazine rings is 1. The number of anilines is 3. The van der Waals surface area contributed by atoms with Crippen LogP contribution in [-0.4, -0.2) is 53.6 Å². The van der Waals surface area contributed by atoms with Gasteiger partial charge in [0.1, 0.15) is 17.5 Å². The number of hydrogen-bond acceptors (Lipinski definition) is 6. The van der Waals surface area contributed by atoms with Gasteiger partial charge < -0.3 is 19.9 Å². The van der Waals surface area contributed by atoms with E-state index in [4.69, 9.17) is 4.74 Å². The van der Waals surface area contributed by atoms with Crippen LogP contribution in [0.15, 0.2) is 54.6 Å². The Bertz CT molecular complexity index is 1080. The molecule has 1 amide bonds. The van der Waals surface area contributed by atoms with Crippen LogP contribution in [0, 0.1) is 19.7 Å². The first-order valence-electron chi connectivity index (χ1n) is 10.6. The van der Waals surface area contributed by atoms with Gasteiger partial charge in [0.15, 0.2) is 18.2 Å². The van der Waals surface area contributed by atoms with Crippen LogP contribution in [0.2, 0.25) is 0 Å². The number of nitrogens with one attached hydrogen (secondary N) is 1. The molecule has 3 aromatic rings. The molecule has 1 aromatic heterocycles. The lowest BCUT2D eigenvalue weighted by Crippen LogP contribution is -2.50. The molecule has 7 nitrogen and oxygen atoms in total. The van der Waals surface area contributed by atoms with E-state index in [1.54, 1.807) is 17.0 Å². The van der Waals surface area contributed by atoms with Gasteiger partial charge in [-0.25, -0.2) is 14.4 Å². The van der Waals surface area contributed by atoms with Crippen molar-refractivity contribution in [2.24, 2.45) is 0 Å². The van der Waals surface area contributed by atoms with E-state index >= 15 is 0 Å². The number of halogens is 1. The molecule has 1 aliphatic heterocycles. The predicted molar refractivity (Wildman–Crippen MR) is 122 cm³/mol. The molecule has 8 heteroatoms. The average molecular weight is 436 g/mol. The van der Waals surface area contributed by atoms with Gasteiger partial charge in [-0.1, -0.05) is 29.8 Å². The molecule has 1 saturated heterocycles. The Balaban J connectivity index is 1.34. The van der Waals surface area contributed by atoms with E-state index in [1.165, 1.54) is 17.7 Å². The number of aryl methyl sites for hydroxylation is 2. The number of nitrogens with zero attached hydrogens (tertiary/aromatic N) is 4. The summed E-state index contributed by atoms with van der Waals surface area (Å²) in [4.78, 5) is 25.4. The van der Waals surface area contributed by atoms with Crippen molar-refractivity contribution in [2.45, 2.75) is 13.8 Å². The SMILES string of the molecule is Cc1ccc(Nc2cc(N3CCN(C(=O)COc4ccccc4F)CC3)nc(C)n2)cc1. The van der Waals surface area contributed by atoms with E-state index in [0.29, 0.717) is 32.0 Å². The summed E-state index contributed by atoms with van der Waals surface area (Å²) in [5.74, 6) is 1.68. The number of carbonyl (C=O) groups is 1. The van der Waals surface area contributed by atoms with Gasteiger partial charge in [-0.05, 0) is 38.1 Å². The van der Waals surface area contributed by atoms with Crippen molar-refractivity contribution in [1.29, 1.82) is 0 Å². The van der Waals surface area contributed by atoms with Crippen molar-refractivity contribution in [3.8, 4) is 5.75 Å². The number of rotatable bonds is 6. The average Bonchev–Trinajstić information content (AvgIpc) is 2.79. The van der Waals surface area contributed by atoms with Crippen LogP contribution in [0.5, 0.6) is 5.75 Å². The number of hydrogen-bond donors (Lipinski definition) is 1. The van der Waals surface area contributed by atoms with Gasteiger partial charge in [0, 0.05) is 37.9 Å². The van der Waals surface area contributed by atoms with E-state index in [1.807, 2.05) is 44.2 Å². The maximum atomic E-state index is 13.7. The molecule has 2 aromatic carbocycles. The van der Waals surface area contributed by atoms with Gasteiger partial charge in [-0.2, -0.15) is 0 Å². The minimum atomic E-state index is -0.473. The first-order chi connectivity index (χ1) is 15.5. The summed E-state index contributed by atoms with van der Waals surface area (Å²) in [7, 11) is 0. The summed E-state index contributed by atoms with van der Waals surface area (Å²) in [5, 5.41) is 3.33. The molecular formula is C24H26FN5O2. The first-order valence-corrected chi connectivity index (χ1v) is 10.6. The molecule has 0 saturated carbocycles. The van der Waals surface area contributed by atoms with E-state index in [-0.39, 0.29) is 18.3 Å². The van der Waals surface area contributed by atoms with Gasteiger partial charge in [0.05, 0.1) is 0 Å². The number of ether oxygens (including phenoxy) is 1. The molecule has 0 unspecified atom stereocenters. The molecule has 0 spiro atoms. The van der Waals surface area contributed by atoms with E-state index in [0.717, 1.165) is 17.3 Å². The monoisotopic (exact) mass is 435 g/mol. The predicted octanol–water partition coefficient (Wildman–Crippen LogP) is 3.70. The van der Waals surface area contributed by atoms with Gasteiger partial charge in [0.2, 0.25) is 0 Å². The zero-order chi connectivity index (χ0) is 22.5. The number of para-hydroxylation sites is 1. The lowest BCUT2D eigenvalue weighted by atomic mass is 10.2. The molecule has 2 heterocycles. The van der Waals surface area contributed by atoms with Crippen LogP contribution < -0.4 is 15.0 Å². The molecule has 1 aliphatic rings. The van der Waals surface area contributed by atoms with Crippen LogP contribution in [0.4, 0.5) is 21.7 Å². The highest BCUT2D eigenvalue weighted by Gasteiger charge is 2.23. The topological polar surface area (TPSA) is 70.6 Å². The molecular weight excluding hydrogens is 409 g/mol. The van der Waals surface area contributed by atoms with Crippen molar-refractivity contribution < 1.29 is 13.9 Å². The Labute approximate surface area is 186 Å². The maximum Gasteiger partial charge on any atom is 0.260 e. The fraction of sp³-hybridized carbons (Fsp3) is 0.292. The van der Waals surface area contributed by atoms with Crippen LogP contribution in [0.3, 0.4) is 0 Å². The maximum absolute atomic E-state index is 13.7. The molecule has 1 N–H and O–H groups in total. The fourth-order valence-electron chi connectivity index (χ4n) is 3.54. The summed E-state index contributed by atoms with van der Waals surface area (Å²) in [5.41, 5.74) is 2.16. The Morgan fingerprint density at radius 1 is 1.03 bits per heavy atom. The summed E-state index contributed by atoms with van der Waals surface area (Å²) in [6, 6.07) is 16.1. The number of aromatic nitrogens is 2. The third kappa shape index (κ3) is 5.32. The van der Waals surface area contributed by atoms with Crippen molar-refractivity contribution in [3.05, 3.63) is 71.8 Å². The summed E-state index contributed by atoms with van der Waals surface area (Å²) < 4.78 is 19.0. The van der Waals surface area contributed by atoms with Gasteiger partial charge in [0.25, 0.3) is 5.91 Å². The second kappa shape index (κ2) is 9.64. The summed E-state index contributed by atoms with van der Waals surface area (Å²) in [6.45, 7) is 6.11. The Kier molecular flexibility index (Phi) is 6.49. The van der Waals surface area contributed by atoms with Crippen LogP contribution in [0.25, 0.3) is 0 Å². The highest BCUT2D eigenvalue weighted by Crippen LogP contribution is 2.21. The van der Waals surface area contributed by atoms with Crippen LogP contribution in [0.1, 0.15) is 11.4 Å². The highest BCUT2D eigenvalue weighted by molar-refractivity contribution is 5.78. The third-order valence-corrected chi connectivity index (χ3v) is 5.29. The van der Waals surface area contributed by atoms with E-state index < -0.39 is 5.82 Å². The van der Waals surface area contributed by atoms with Gasteiger partial charge >= 0.3 is 0 Å². The quantitative estimate of drug-likeness (QED) is 0.637. The van der Waals surface area contributed by atoms with E-state index in [9.17, 15) is 9.18 Å². The van der Waals surface area contributed by atoms with Crippen molar-refractivity contribution >= 4 is 23.2 Å². The summed E-state index contributed by atoms with van der Waals surface area (Å²) >= 11 is 0. The van der Waals surface area contributed by atoms with Gasteiger partial charge in [-0.3, -0.25) is 4.79 Å². The second-order valence-corrected chi connectivity index (χ2v) is 7.74. The van der Waals surface area contributed by atoms with Crippen molar-refractivity contribution in [2.75, 3.05) is 43.0 Å². The molecule has 0 aliphatic carbocycles. The fourth-order valence-corrected chi connectivity index (χ4v) is 3.54. The molecule has 0 radical (unpaired) electrons. The molecule has 0 bridgehead atoms. The minimum Gasteiger partial charge on any atom is -0.481 e. The lowest BCUT2D eigenvalue weighted by molar-refractivity contribution is -0.133. The standard InChI is InChI=1S/C24H26FN5O2/c1-17-7-9-19(10-8-17)28-22-15-23(27-18(2)26-22)29-11-13-30(14-12-29)24(31)16-32-21-6-4-3-5-20(21)25/h3-10,15H,11-14,16H2,1-2H3,(H,26,27,28).